The first-order valence-corrected chi connectivity index (χ1v) is 11.0. The molecule has 2 N–H and O–H groups in total. The Morgan fingerprint density at radius 1 is 1.06 bits per heavy atom. The number of aromatic nitrogens is 2. The molecule has 2 heterocycles. The molecule has 31 heavy (non-hydrogen) atoms. The minimum Gasteiger partial charge on any atom is -0.497 e. The molecule has 1 aliphatic rings. The lowest BCUT2D eigenvalue weighted by Gasteiger charge is -2.34. The predicted octanol–water partition coefficient (Wildman–Crippen LogP) is 1.97. The average Bonchev–Trinajstić information content (AvgIpc) is 2.84. The predicted molar refractivity (Wildman–Crippen MR) is 126 cm³/mol. The van der Waals surface area contributed by atoms with Crippen molar-refractivity contribution in [3.05, 3.63) is 48.3 Å². The summed E-state index contributed by atoms with van der Waals surface area (Å²) in [7, 11) is 3.52. The van der Waals surface area contributed by atoms with Gasteiger partial charge in [0.2, 0.25) is 5.95 Å². The average molecular weight is 426 g/mol. The molecule has 1 aromatic carbocycles. The van der Waals surface area contributed by atoms with Gasteiger partial charge in [0.15, 0.2) is 5.96 Å². The first-order chi connectivity index (χ1) is 15.2. The molecule has 1 atom stereocenters. The minimum absolute atomic E-state index is 0.474. The molecule has 0 radical (unpaired) electrons. The highest BCUT2D eigenvalue weighted by Crippen LogP contribution is 2.21. The van der Waals surface area contributed by atoms with Crippen LogP contribution in [0, 0.1) is 0 Å². The third-order valence-corrected chi connectivity index (χ3v) is 5.71. The van der Waals surface area contributed by atoms with Crippen molar-refractivity contribution in [1.29, 1.82) is 0 Å². The quantitative estimate of drug-likeness (QED) is 0.470. The van der Waals surface area contributed by atoms with Crippen molar-refractivity contribution in [3.63, 3.8) is 0 Å². The Kier molecular flexibility index (Phi) is 8.90. The van der Waals surface area contributed by atoms with Gasteiger partial charge in [-0.3, -0.25) is 9.89 Å². The summed E-state index contributed by atoms with van der Waals surface area (Å²) in [5, 5.41) is 6.86. The lowest BCUT2D eigenvalue weighted by atomic mass is 9.98. The molecule has 1 saturated heterocycles. The van der Waals surface area contributed by atoms with E-state index in [2.05, 4.69) is 54.5 Å². The lowest BCUT2D eigenvalue weighted by molar-refractivity contribution is 0.260. The van der Waals surface area contributed by atoms with Crippen LogP contribution in [0.25, 0.3) is 0 Å². The van der Waals surface area contributed by atoms with Crippen molar-refractivity contribution in [1.82, 2.24) is 25.5 Å². The van der Waals surface area contributed by atoms with Gasteiger partial charge in [-0.05, 0) is 36.1 Å². The summed E-state index contributed by atoms with van der Waals surface area (Å²) in [6.07, 6.45) is 4.64. The Labute approximate surface area is 185 Å². The van der Waals surface area contributed by atoms with E-state index in [1.165, 1.54) is 5.56 Å². The molecule has 8 heteroatoms. The van der Waals surface area contributed by atoms with Crippen LogP contribution in [0.15, 0.2) is 47.7 Å². The number of ether oxygens (including phenoxy) is 1. The van der Waals surface area contributed by atoms with E-state index in [-0.39, 0.29) is 0 Å². The van der Waals surface area contributed by atoms with Crippen LogP contribution in [0.5, 0.6) is 5.75 Å². The van der Waals surface area contributed by atoms with Crippen LogP contribution < -0.4 is 20.3 Å². The Morgan fingerprint density at radius 2 is 1.74 bits per heavy atom. The van der Waals surface area contributed by atoms with Crippen LogP contribution in [0.4, 0.5) is 5.95 Å². The highest BCUT2D eigenvalue weighted by atomic mass is 16.5. The maximum absolute atomic E-state index is 5.24. The molecule has 1 fully saturated rings. The fourth-order valence-corrected chi connectivity index (χ4v) is 3.69. The number of benzene rings is 1. The number of anilines is 1. The Balaban J connectivity index is 1.31. The Morgan fingerprint density at radius 3 is 2.39 bits per heavy atom. The van der Waals surface area contributed by atoms with Gasteiger partial charge in [0.25, 0.3) is 0 Å². The zero-order valence-corrected chi connectivity index (χ0v) is 18.9. The van der Waals surface area contributed by atoms with Crippen molar-refractivity contribution in [2.24, 2.45) is 4.99 Å². The van der Waals surface area contributed by atoms with Crippen molar-refractivity contribution >= 4 is 11.9 Å². The fraction of sp³-hybridized carbons (Fsp3) is 0.522. The van der Waals surface area contributed by atoms with Gasteiger partial charge in [0.05, 0.1) is 7.11 Å². The van der Waals surface area contributed by atoms with Crippen LogP contribution in [-0.2, 0) is 0 Å². The SMILES string of the molecule is CN=C(NCCC(C)c1ccc(OC)cc1)NCCN1CCN(c2ncccn2)CC1. The van der Waals surface area contributed by atoms with Gasteiger partial charge in [0.1, 0.15) is 5.75 Å². The third-order valence-electron chi connectivity index (χ3n) is 5.71. The van der Waals surface area contributed by atoms with Crippen LogP contribution in [0.2, 0.25) is 0 Å². The Bertz CT molecular complexity index is 789. The lowest BCUT2D eigenvalue weighted by Crippen LogP contribution is -2.49. The molecule has 0 amide bonds. The van der Waals surface area contributed by atoms with Gasteiger partial charge in [-0.1, -0.05) is 19.1 Å². The van der Waals surface area contributed by atoms with Crippen molar-refractivity contribution in [3.8, 4) is 5.75 Å². The van der Waals surface area contributed by atoms with Crippen molar-refractivity contribution in [2.75, 3.05) is 64.9 Å². The summed E-state index contributed by atoms with van der Waals surface area (Å²) in [5.41, 5.74) is 1.32. The fourth-order valence-electron chi connectivity index (χ4n) is 3.69. The molecule has 1 aromatic heterocycles. The van der Waals surface area contributed by atoms with Gasteiger partial charge in [-0.15, -0.1) is 0 Å². The van der Waals surface area contributed by atoms with E-state index >= 15 is 0 Å². The smallest absolute Gasteiger partial charge is 0.225 e. The van der Waals surface area contributed by atoms with Crippen LogP contribution in [0.3, 0.4) is 0 Å². The molecule has 2 aromatic rings. The molecular formula is C23H35N7O. The third kappa shape index (κ3) is 7.10. The van der Waals surface area contributed by atoms with Gasteiger partial charge < -0.3 is 20.3 Å². The minimum atomic E-state index is 0.474. The molecule has 8 nitrogen and oxygen atoms in total. The summed E-state index contributed by atoms with van der Waals surface area (Å²) >= 11 is 0. The van der Waals surface area contributed by atoms with Gasteiger partial charge >= 0.3 is 0 Å². The number of piperazine rings is 1. The first-order valence-electron chi connectivity index (χ1n) is 11.0. The molecule has 0 aliphatic carbocycles. The number of rotatable bonds is 9. The maximum Gasteiger partial charge on any atom is 0.225 e. The Hall–Kier alpha value is -2.87. The number of hydrogen-bond acceptors (Lipinski definition) is 6. The molecule has 3 rings (SSSR count). The topological polar surface area (TPSA) is 77.9 Å². The molecule has 0 bridgehead atoms. The summed E-state index contributed by atoms with van der Waals surface area (Å²) < 4.78 is 5.24. The second kappa shape index (κ2) is 12.1. The highest BCUT2D eigenvalue weighted by molar-refractivity contribution is 5.79. The zero-order valence-electron chi connectivity index (χ0n) is 18.9. The number of nitrogens with one attached hydrogen (secondary N) is 2. The van der Waals surface area contributed by atoms with E-state index in [0.717, 1.165) is 69.9 Å². The van der Waals surface area contributed by atoms with E-state index in [4.69, 9.17) is 4.74 Å². The van der Waals surface area contributed by atoms with E-state index in [0.29, 0.717) is 5.92 Å². The van der Waals surface area contributed by atoms with E-state index in [9.17, 15) is 0 Å². The van der Waals surface area contributed by atoms with E-state index in [1.54, 1.807) is 19.5 Å². The summed E-state index contributed by atoms with van der Waals surface area (Å²) in [6.45, 7) is 8.95. The summed E-state index contributed by atoms with van der Waals surface area (Å²) in [5.74, 6) is 3.06. The number of methoxy groups -OCH3 is 1. The van der Waals surface area contributed by atoms with Crippen LogP contribution in [0.1, 0.15) is 24.8 Å². The maximum atomic E-state index is 5.24. The van der Waals surface area contributed by atoms with Crippen LogP contribution >= 0.6 is 0 Å². The molecule has 1 unspecified atom stereocenters. The molecule has 0 saturated carbocycles. The summed E-state index contributed by atoms with van der Waals surface area (Å²) in [4.78, 5) is 17.7. The van der Waals surface area contributed by atoms with E-state index < -0.39 is 0 Å². The van der Waals surface area contributed by atoms with E-state index in [1.807, 2.05) is 25.2 Å². The van der Waals surface area contributed by atoms with Crippen molar-refractivity contribution in [2.45, 2.75) is 19.3 Å². The number of nitrogens with zero attached hydrogens (tertiary/aromatic N) is 5. The number of guanidine groups is 1. The standard InChI is InChI=1S/C23H35N7O/c1-19(20-5-7-21(31-3)8-6-20)9-12-25-22(24-2)26-13-14-29-15-17-30(18-16-29)23-27-10-4-11-28-23/h4-8,10-11,19H,9,12-18H2,1-3H3,(H2,24,25,26). The molecule has 0 spiro atoms. The monoisotopic (exact) mass is 425 g/mol. The van der Waals surface area contributed by atoms with Gasteiger partial charge in [0, 0.05) is 65.3 Å². The zero-order chi connectivity index (χ0) is 21.9. The second-order valence-corrected chi connectivity index (χ2v) is 7.77. The summed E-state index contributed by atoms with van der Waals surface area (Å²) in [6, 6.07) is 10.2. The van der Waals surface area contributed by atoms with Gasteiger partial charge in [-0.25, -0.2) is 9.97 Å². The van der Waals surface area contributed by atoms with Crippen molar-refractivity contribution < 1.29 is 4.74 Å². The number of hydrogen-bond donors (Lipinski definition) is 2. The molecule has 168 valence electrons. The van der Waals surface area contributed by atoms with Gasteiger partial charge in [-0.2, -0.15) is 0 Å². The first kappa shape index (κ1) is 22.8. The molecule has 1 aliphatic heterocycles. The second-order valence-electron chi connectivity index (χ2n) is 7.77. The highest BCUT2D eigenvalue weighted by Gasteiger charge is 2.18. The normalized spacial score (nSPS) is 16.1. The molecular weight excluding hydrogens is 390 g/mol. The number of aliphatic imine (C=N–C) groups is 1. The largest absolute Gasteiger partial charge is 0.497 e. The van der Waals surface area contributed by atoms with Crippen LogP contribution in [-0.4, -0.2) is 80.8 Å².